The van der Waals surface area contributed by atoms with Crippen LogP contribution >= 0.6 is 0 Å². The summed E-state index contributed by atoms with van der Waals surface area (Å²) in [4.78, 5) is 14.0. The van der Waals surface area contributed by atoms with Gasteiger partial charge in [-0.15, -0.1) is 5.10 Å². The molecule has 0 aliphatic carbocycles. The van der Waals surface area contributed by atoms with Crippen LogP contribution in [0.15, 0.2) is 48.7 Å². The minimum absolute atomic E-state index is 0.249. The number of rotatable bonds is 3. The molecule has 1 saturated heterocycles. The molecule has 2 aromatic carbocycles. The standard InChI is InChI=1S/C20H20N4O2/c1-13-12-26-9-8-24(13)20-17-7-6-14(10-15(17)11-22-23-20)16-4-2-3-5-18(16)19(21)25/h2-7,10-11,13H,8-9,12H2,1H3,(H2,21,25)/t13-/m0/s1. The number of amides is 1. The minimum atomic E-state index is -0.434. The van der Waals surface area contributed by atoms with E-state index in [9.17, 15) is 4.79 Å². The van der Waals surface area contributed by atoms with Crippen LogP contribution in [0.3, 0.4) is 0 Å². The average molecular weight is 348 g/mol. The molecule has 0 radical (unpaired) electrons. The highest BCUT2D eigenvalue weighted by molar-refractivity contribution is 6.01. The number of nitrogens with two attached hydrogens (primary N) is 1. The second-order valence-electron chi connectivity index (χ2n) is 6.50. The third kappa shape index (κ3) is 2.88. The Hall–Kier alpha value is -2.99. The van der Waals surface area contributed by atoms with E-state index in [0.29, 0.717) is 18.8 Å². The van der Waals surface area contributed by atoms with E-state index in [0.717, 1.165) is 34.3 Å². The van der Waals surface area contributed by atoms with E-state index in [1.165, 1.54) is 0 Å². The van der Waals surface area contributed by atoms with Crippen molar-refractivity contribution in [2.45, 2.75) is 13.0 Å². The Balaban J connectivity index is 1.81. The zero-order valence-corrected chi connectivity index (χ0v) is 14.6. The van der Waals surface area contributed by atoms with Crippen LogP contribution in [0.2, 0.25) is 0 Å². The Kier molecular flexibility index (Phi) is 4.26. The van der Waals surface area contributed by atoms with Crippen molar-refractivity contribution in [1.82, 2.24) is 10.2 Å². The fraction of sp³-hybridized carbons (Fsp3) is 0.250. The maximum Gasteiger partial charge on any atom is 0.249 e. The number of carbonyl (C=O) groups excluding carboxylic acids is 1. The summed E-state index contributed by atoms with van der Waals surface area (Å²) in [5.41, 5.74) is 7.78. The number of nitrogens with zero attached hydrogens (tertiary/aromatic N) is 3. The fourth-order valence-corrected chi connectivity index (χ4v) is 3.44. The molecule has 1 aromatic heterocycles. The smallest absolute Gasteiger partial charge is 0.249 e. The zero-order valence-electron chi connectivity index (χ0n) is 14.6. The highest BCUT2D eigenvalue weighted by Gasteiger charge is 2.22. The first kappa shape index (κ1) is 16.5. The molecule has 1 aliphatic heterocycles. The van der Waals surface area contributed by atoms with Crippen LogP contribution in [0.4, 0.5) is 5.82 Å². The Labute approximate surface area is 151 Å². The monoisotopic (exact) mass is 348 g/mol. The van der Waals surface area contributed by atoms with Crippen molar-refractivity contribution in [3.8, 4) is 11.1 Å². The van der Waals surface area contributed by atoms with Crippen molar-refractivity contribution < 1.29 is 9.53 Å². The van der Waals surface area contributed by atoms with E-state index in [-0.39, 0.29) is 6.04 Å². The highest BCUT2D eigenvalue weighted by atomic mass is 16.5. The highest BCUT2D eigenvalue weighted by Crippen LogP contribution is 2.31. The summed E-state index contributed by atoms with van der Waals surface area (Å²) >= 11 is 0. The summed E-state index contributed by atoms with van der Waals surface area (Å²) in [5, 5.41) is 10.6. The van der Waals surface area contributed by atoms with Crippen molar-refractivity contribution >= 4 is 22.5 Å². The maximum absolute atomic E-state index is 11.7. The van der Waals surface area contributed by atoms with E-state index < -0.39 is 5.91 Å². The molecule has 6 nitrogen and oxygen atoms in total. The van der Waals surface area contributed by atoms with Gasteiger partial charge in [-0.25, -0.2) is 0 Å². The largest absolute Gasteiger partial charge is 0.377 e. The van der Waals surface area contributed by atoms with Crippen LogP contribution in [-0.2, 0) is 4.74 Å². The molecule has 0 bridgehead atoms. The number of hydrogen-bond donors (Lipinski definition) is 1. The third-order valence-electron chi connectivity index (χ3n) is 4.78. The van der Waals surface area contributed by atoms with E-state index in [1.807, 2.05) is 36.4 Å². The summed E-state index contributed by atoms with van der Waals surface area (Å²) in [6.45, 7) is 4.28. The molecular weight excluding hydrogens is 328 g/mol. The number of benzene rings is 2. The number of primary amides is 1. The normalized spacial score (nSPS) is 17.4. The first-order chi connectivity index (χ1) is 12.6. The predicted molar refractivity (Wildman–Crippen MR) is 101 cm³/mol. The molecule has 0 unspecified atom stereocenters. The molecule has 6 heteroatoms. The van der Waals surface area contributed by atoms with Crippen LogP contribution in [0.5, 0.6) is 0 Å². The first-order valence-electron chi connectivity index (χ1n) is 8.64. The number of aromatic nitrogens is 2. The van der Waals surface area contributed by atoms with Gasteiger partial charge in [0.05, 0.1) is 25.5 Å². The van der Waals surface area contributed by atoms with E-state index in [2.05, 4.69) is 22.0 Å². The lowest BCUT2D eigenvalue weighted by atomic mass is 9.97. The van der Waals surface area contributed by atoms with E-state index in [1.54, 1.807) is 12.3 Å². The molecule has 2 N–H and O–H groups in total. The first-order valence-corrected chi connectivity index (χ1v) is 8.64. The fourth-order valence-electron chi connectivity index (χ4n) is 3.44. The van der Waals surface area contributed by atoms with Gasteiger partial charge in [-0.3, -0.25) is 4.79 Å². The van der Waals surface area contributed by atoms with Crippen molar-refractivity contribution in [3.05, 3.63) is 54.2 Å². The third-order valence-corrected chi connectivity index (χ3v) is 4.78. The molecule has 1 atom stereocenters. The van der Waals surface area contributed by atoms with Crippen molar-refractivity contribution in [1.29, 1.82) is 0 Å². The molecule has 26 heavy (non-hydrogen) atoms. The molecule has 1 aliphatic rings. The summed E-state index contributed by atoms with van der Waals surface area (Å²) in [7, 11) is 0. The molecule has 3 aromatic rings. The topological polar surface area (TPSA) is 81.3 Å². The maximum atomic E-state index is 11.7. The Morgan fingerprint density at radius 2 is 2.12 bits per heavy atom. The van der Waals surface area contributed by atoms with Gasteiger partial charge in [-0.05, 0) is 36.2 Å². The van der Waals surface area contributed by atoms with Gasteiger partial charge in [0.15, 0.2) is 5.82 Å². The van der Waals surface area contributed by atoms with Crippen LogP contribution < -0.4 is 10.6 Å². The molecule has 0 saturated carbocycles. The molecule has 0 spiro atoms. The van der Waals surface area contributed by atoms with Gasteiger partial charge in [0, 0.05) is 22.9 Å². The van der Waals surface area contributed by atoms with Gasteiger partial charge in [-0.2, -0.15) is 5.10 Å². The van der Waals surface area contributed by atoms with Crippen molar-refractivity contribution in [2.24, 2.45) is 5.73 Å². The zero-order chi connectivity index (χ0) is 18.1. The van der Waals surface area contributed by atoms with Crippen LogP contribution in [-0.4, -0.2) is 41.9 Å². The number of fused-ring (bicyclic) bond motifs is 1. The van der Waals surface area contributed by atoms with Crippen molar-refractivity contribution in [2.75, 3.05) is 24.7 Å². The molecule has 4 rings (SSSR count). The molecule has 1 fully saturated rings. The molecule has 132 valence electrons. The SMILES string of the molecule is C[C@H]1COCCN1c1nncc2cc(-c3ccccc3C(N)=O)ccc12. The number of carbonyl (C=O) groups is 1. The lowest BCUT2D eigenvalue weighted by molar-refractivity contribution is 0.0986. The average Bonchev–Trinajstić information content (AvgIpc) is 2.67. The lowest BCUT2D eigenvalue weighted by Crippen LogP contribution is -2.44. The van der Waals surface area contributed by atoms with Gasteiger partial charge < -0.3 is 15.4 Å². The molecule has 1 amide bonds. The Morgan fingerprint density at radius 3 is 2.92 bits per heavy atom. The van der Waals surface area contributed by atoms with Gasteiger partial charge in [0.2, 0.25) is 5.91 Å². The lowest BCUT2D eigenvalue weighted by Gasteiger charge is -2.34. The van der Waals surface area contributed by atoms with Crippen molar-refractivity contribution in [3.63, 3.8) is 0 Å². The molecule has 2 heterocycles. The van der Waals surface area contributed by atoms with Crippen LogP contribution in [0.1, 0.15) is 17.3 Å². The quantitative estimate of drug-likeness (QED) is 0.787. The van der Waals surface area contributed by atoms with Crippen LogP contribution in [0.25, 0.3) is 21.9 Å². The van der Waals surface area contributed by atoms with E-state index in [4.69, 9.17) is 10.5 Å². The van der Waals surface area contributed by atoms with Gasteiger partial charge in [0.25, 0.3) is 0 Å². The number of ether oxygens (including phenoxy) is 1. The van der Waals surface area contributed by atoms with Gasteiger partial charge in [-0.1, -0.05) is 24.3 Å². The minimum Gasteiger partial charge on any atom is -0.377 e. The second-order valence-corrected chi connectivity index (χ2v) is 6.50. The van der Waals surface area contributed by atoms with Gasteiger partial charge in [0.1, 0.15) is 0 Å². The summed E-state index contributed by atoms with van der Waals surface area (Å²) < 4.78 is 5.52. The van der Waals surface area contributed by atoms with E-state index >= 15 is 0 Å². The number of anilines is 1. The van der Waals surface area contributed by atoms with Crippen LogP contribution in [0, 0.1) is 0 Å². The molecular formula is C20H20N4O2. The Morgan fingerprint density at radius 1 is 1.27 bits per heavy atom. The summed E-state index contributed by atoms with van der Waals surface area (Å²) in [6, 6.07) is 13.7. The summed E-state index contributed by atoms with van der Waals surface area (Å²) in [5.74, 6) is 0.435. The predicted octanol–water partition coefficient (Wildman–Crippen LogP) is 2.62. The van der Waals surface area contributed by atoms with Gasteiger partial charge >= 0.3 is 0 Å². The summed E-state index contributed by atoms with van der Waals surface area (Å²) in [6.07, 6.45) is 1.75. The Bertz CT molecular complexity index is 973. The second kappa shape index (κ2) is 6.72. The number of morpholine rings is 1. The number of hydrogen-bond acceptors (Lipinski definition) is 5.